The van der Waals surface area contributed by atoms with E-state index in [1.165, 1.54) is 51.4 Å². The lowest BCUT2D eigenvalue weighted by Crippen LogP contribution is -2.61. The van der Waals surface area contributed by atoms with Gasteiger partial charge in [-0.15, -0.1) is 0 Å². The lowest BCUT2D eigenvalue weighted by atomic mass is 9.37. The standard InChI is InChI=1S/C26H42O3/c1-16-18-9-13-25(3)19-10-15-26(23(28)29-4)12-5-6-20(26)17(19)7-8-22(25)24(18,2)14-11-21(16)27/h16-22,27H,5-15H2,1-4H3/t16?,17?,18?,19?,20?,21-,22?,24?,25?,26?/m0/s1. The van der Waals surface area contributed by atoms with Gasteiger partial charge >= 0.3 is 5.97 Å². The van der Waals surface area contributed by atoms with Crippen LogP contribution in [0.4, 0.5) is 0 Å². The number of carbonyl (C=O) groups excluding carboxylic acids is 1. The number of hydrogen-bond acceptors (Lipinski definition) is 3. The van der Waals surface area contributed by atoms with Crippen molar-refractivity contribution in [1.82, 2.24) is 0 Å². The van der Waals surface area contributed by atoms with Gasteiger partial charge in [-0.1, -0.05) is 27.2 Å². The van der Waals surface area contributed by atoms with Crippen LogP contribution in [0.1, 0.15) is 91.4 Å². The van der Waals surface area contributed by atoms with Crippen molar-refractivity contribution in [3.8, 4) is 0 Å². The third-order valence-electron chi connectivity index (χ3n) is 11.7. The Bertz CT molecular complexity index is 675. The van der Waals surface area contributed by atoms with E-state index in [0.717, 1.165) is 37.0 Å². The highest BCUT2D eigenvalue weighted by atomic mass is 16.5. The number of carbonyl (C=O) groups is 1. The van der Waals surface area contributed by atoms with Crippen LogP contribution in [-0.4, -0.2) is 24.3 Å². The molecule has 5 fully saturated rings. The predicted molar refractivity (Wildman–Crippen MR) is 114 cm³/mol. The zero-order chi connectivity index (χ0) is 20.6. The van der Waals surface area contributed by atoms with Gasteiger partial charge in [-0.05, 0) is 111 Å². The fourth-order valence-electron chi connectivity index (χ4n) is 10.4. The van der Waals surface area contributed by atoms with Crippen LogP contribution in [0.2, 0.25) is 0 Å². The first-order valence-corrected chi connectivity index (χ1v) is 12.5. The lowest BCUT2D eigenvalue weighted by molar-refractivity contribution is -0.200. The monoisotopic (exact) mass is 402 g/mol. The summed E-state index contributed by atoms with van der Waals surface area (Å²) in [6.45, 7) is 7.52. The molecule has 0 aromatic heterocycles. The molecule has 0 radical (unpaired) electrons. The Morgan fingerprint density at radius 2 is 1.55 bits per heavy atom. The average Bonchev–Trinajstić information content (AvgIpc) is 3.16. The van der Waals surface area contributed by atoms with E-state index in [9.17, 15) is 9.90 Å². The van der Waals surface area contributed by atoms with E-state index in [2.05, 4.69) is 20.8 Å². The Balaban J connectivity index is 1.46. The largest absolute Gasteiger partial charge is 0.469 e. The Labute approximate surface area is 177 Å². The van der Waals surface area contributed by atoms with Gasteiger partial charge in [-0.2, -0.15) is 0 Å². The van der Waals surface area contributed by atoms with Crippen molar-refractivity contribution in [1.29, 1.82) is 0 Å². The highest BCUT2D eigenvalue weighted by Gasteiger charge is 2.65. The number of aliphatic hydroxyl groups excluding tert-OH is 1. The minimum atomic E-state index is -0.163. The van der Waals surface area contributed by atoms with Gasteiger partial charge < -0.3 is 9.84 Å². The summed E-state index contributed by atoms with van der Waals surface area (Å²) in [6.07, 6.45) is 13.1. The third kappa shape index (κ3) is 2.55. The highest BCUT2D eigenvalue weighted by molar-refractivity contribution is 5.77. The van der Waals surface area contributed by atoms with Crippen molar-refractivity contribution in [3.63, 3.8) is 0 Å². The van der Waals surface area contributed by atoms with Crippen LogP contribution in [0.3, 0.4) is 0 Å². The molecule has 0 saturated heterocycles. The number of esters is 1. The molecule has 3 heteroatoms. The minimum Gasteiger partial charge on any atom is -0.469 e. The first-order chi connectivity index (χ1) is 13.8. The summed E-state index contributed by atoms with van der Waals surface area (Å²) >= 11 is 0. The first-order valence-electron chi connectivity index (χ1n) is 12.5. The fourth-order valence-corrected chi connectivity index (χ4v) is 10.4. The van der Waals surface area contributed by atoms with Gasteiger partial charge in [0, 0.05) is 0 Å². The molecule has 0 amide bonds. The van der Waals surface area contributed by atoms with E-state index in [-0.39, 0.29) is 17.5 Å². The van der Waals surface area contributed by atoms with Crippen molar-refractivity contribution < 1.29 is 14.6 Å². The molecule has 0 bridgehead atoms. The smallest absolute Gasteiger partial charge is 0.312 e. The maximum Gasteiger partial charge on any atom is 0.312 e. The van der Waals surface area contributed by atoms with Gasteiger partial charge in [0.2, 0.25) is 0 Å². The van der Waals surface area contributed by atoms with Crippen molar-refractivity contribution in [2.75, 3.05) is 7.11 Å². The summed E-state index contributed by atoms with van der Waals surface area (Å²) in [7, 11) is 1.59. The Morgan fingerprint density at radius 1 is 0.862 bits per heavy atom. The molecule has 9 unspecified atom stereocenters. The number of aliphatic hydroxyl groups is 1. The normalized spacial score (nSPS) is 56.5. The number of ether oxygens (including phenoxy) is 1. The Kier molecular flexibility index (Phi) is 4.71. The Hall–Kier alpha value is -0.570. The van der Waals surface area contributed by atoms with Crippen molar-refractivity contribution >= 4 is 5.97 Å². The second-order valence-electron chi connectivity index (χ2n) is 12.2. The average molecular weight is 403 g/mol. The number of hydrogen-bond donors (Lipinski definition) is 1. The molecule has 3 nitrogen and oxygen atoms in total. The minimum absolute atomic E-state index is 0.0940. The SMILES string of the molecule is COC(=O)C12CCCC1C1CCC3C(C)(CCC4C(C)[C@@H](O)CCC43C)C1CC2. The molecule has 29 heavy (non-hydrogen) atoms. The third-order valence-corrected chi connectivity index (χ3v) is 11.7. The van der Waals surface area contributed by atoms with Gasteiger partial charge in [0.05, 0.1) is 18.6 Å². The maximum atomic E-state index is 12.9. The number of fused-ring (bicyclic) bond motifs is 7. The van der Waals surface area contributed by atoms with Crippen LogP contribution in [0.5, 0.6) is 0 Å². The van der Waals surface area contributed by atoms with Crippen molar-refractivity contribution in [2.45, 2.75) is 97.5 Å². The molecule has 0 aromatic rings. The van der Waals surface area contributed by atoms with E-state index < -0.39 is 0 Å². The summed E-state index contributed by atoms with van der Waals surface area (Å²) in [4.78, 5) is 12.9. The van der Waals surface area contributed by atoms with E-state index >= 15 is 0 Å². The van der Waals surface area contributed by atoms with Crippen molar-refractivity contribution in [2.24, 2.45) is 51.8 Å². The molecule has 5 saturated carbocycles. The van der Waals surface area contributed by atoms with Gasteiger partial charge in [-0.3, -0.25) is 4.79 Å². The predicted octanol–water partition coefficient (Wildman–Crippen LogP) is 5.60. The zero-order valence-electron chi connectivity index (χ0n) is 19.1. The lowest BCUT2D eigenvalue weighted by Gasteiger charge is -2.67. The van der Waals surface area contributed by atoms with E-state index in [1.807, 2.05) is 0 Å². The van der Waals surface area contributed by atoms with Gasteiger partial charge in [0.25, 0.3) is 0 Å². The molecular formula is C26H42O3. The molecule has 0 heterocycles. The molecule has 0 spiro atoms. The second kappa shape index (κ2) is 6.71. The summed E-state index contributed by atoms with van der Waals surface area (Å²) in [5.41, 5.74) is 0.647. The quantitative estimate of drug-likeness (QED) is 0.581. The topological polar surface area (TPSA) is 46.5 Å². The van der Waals surface area contributed by atoms with Gasteiger partial charge in [0.15, 0.2) is 0 Å². The van der Waals surface area contributed by atoms with E-state index in [0.29, 0.717) is 28.6 Å². The first kappa shape index (κ1) is 20.3. The number of methoxy groups -OCH3 is 1. The highest BCUT2D eigenvalue weighted by Crippen LogP contribution is 2.71. The van der Waals surface area contributed by atoms with Crippen molar-refractivity contribution in [3.05, 3.63) is 0 Å². The van der Waals surface area contributed by atoms with Crippen LogP contribution >= 0.6 is 0 Å². The van der Waals surface area contributed by atoms with Crippen LogP contribution in [0.15, 0.2) is 0 Å². The summed E-state index contributed by atoms with van der Waals surface area (Å²) in [5.74, 6) is 4.08. The zero-order valence-corrected chi connectivity index (χ0v) is 19.1. The van der Waals surface area contributed by atoms with Gasteiger partial charge in [0.1, 0.15) is 0 Å². The molecule has 0 aromatic carbocycles. The summed E-state index contributed by atoms with van der Waals surface area (Å²) < 4.78 is 5.35. The maximum absolute atomic E-state index is 12.9. The molecule has 0 aliphatic heterocycles. The molecule has 1 N–H and O–H groups in total. The van der Waals surface area contributed by atoms with Crippen LogP contribution in [-0.2, 0) is 9.53 Å². The van der Waals surface area contributed by atoms with E-state index in [4.69, 9.17) is 4.74 Å². The molecule has 5 aliphatic rings. The second-order valence-corrected chi connectivity index (χ2v) is 12.2. The molecule has 5 aliphatic carbocycles. The van der Waals surface area contributed by atoms with Gasteiger partial charge in [-0.25, -0.2) is 0 Å². The summed E-state index contributed by atoms with van der Waals surface area (Å²) in [6, 6.07) is 0. The molecule has 5 rings (SSSR count). The molecule has 10 atom stereocenters. The van der Waals surface area contributed by atoms with Crippen LogP contribution in [0, 0.1) is 51.8 Å². The number of rotatable bonds is 1. The fraction of sp³-hybridized carbons (Fsp3) is 0.962. The summed E-state index contributed by atoms with van der Waals surface area (Å²) in [5, 5.41) is 10.5. The Morgan fingerprint density at radius 3 is 2.31 bits per heavy atom. The molecule has 164 valence electrons. The van der Waals surface area contributed by atoms with Crippen LogP contribution in [0.25, 0.3) is 0 Å². The van der Waals surface area contributed by atoms with Crippen LogP contribution < -0.4 is 0 Å². The van der Waals surface area contributed by atoms with E-state index in [1.54, 1.807) is 7.11 Å². The molecular weight excluding hydrogens is 360 g/mol.